The van der Waals surface area contributed by atoms with Gasteiger partial charge in [-0.05, 0) is 29.7 Å². The fraction of sp³-hybridized carbons (Fsp3) is 0.222. The summed E-state index contributed by atoms with van der Waals surface area (Å²) in [6, 6.07) is 15.1. The lowest BCUT2D eigenvalue weighted by molar-refractivity contribution is -0.134. The van der Waals surface area contributed by atoms with Crippen LogP contribution in [0.3, 0.4) is 0 Å². The highest BCUT2D eigenvalue weighted by Gasteiger charge is 2.20. The third-order valence-electron chi connectivity index (χ3n) is 3.88. The van der Waals surface area contributed by atoms with Crippen LogP contribution in [0.15, 0.2) is 48.5 Å². The second kappa shape index (κ2) is 6.43. The smallest absolute Gasteiger partial charge is 0.260 e. The van der Waals surface area contributed by atoms with Crippen molar-refractivity contribution in [2.24, 2.45) is 0 Å². The van der Waals surface area contributed by atoms with Crippen LogP contribution in [-0.4, -0.2) is 30.2 Å². The zero-order chi connectivity index (χ0) is 15.4. The number of carbonyl (C=O) groups excluding carboxylic acids is 2. The number of hydrogen-bond acceptors (Lipinski definition) is 3. The van der Waals surface area contributed by atoms with Gasteiger partial charge in [0.1, 0.15) is 5.75 Å². The number of carbonyl (C=O) groups is 2. The minimum atomic E-state index is -0.0600. The third kappa shape index (κ3) is 3.01. The zero-order valence-electron chi connectivity index (χ0n) is 12.2. The van der Waals surface area contributed by atoms with Crippen molar-refractivity contribution in [3.8, 4) is 5.75 Å². The Labute approximate surface area is 129 Å². The molecule has 0 unspecified atom stereocenters. The van der Waals surface area contributed by atoms with E-state index in [-0.39, 0.29) is 12.5 Å². The van der Waals surface area contributed by atoms with E-state index < -0.39 is 0 Å². The molecule has 0 aliphatic carbocycles. The summed E-state index contributed by atoms with van der Waals surface area (Å²) in [5.74, 6) is 0.387. The van der Waals surface area contributed by atoms with E-state index >= 15 is 0 Å². The number of hydrogen-bond donors (Lipinski definition) is 0. The van der Waals surface area contributed by atoms with Gasteiger partial charge in [0.25, 0.3) is 5.91 Å². The highest BCUT2D eigenvalue weighted by atomic mass is 16.5. The minimum absolute atomic E-state index is 0.0486. The van der Waals surface area contributed by atoms with Gasteiger partial charge < -0.3 is 9.64 Å². The average Bonchev–Trinajstić information content (AvgIpc) is 2.59. The van der Waals surface area contributed by atoms with E-state index in [9.17, 15) is 9.59 Å². The van der Waals surface area contributed by atoms with Gasteiger partial charge in [-0.25, -0.2) is 0 Å². The Hall–Kier alpha value is -2.62. The van der Waals surface area contributed by atoms with Crippen molar-refractivity contribution >= 4 is 12.2 Å². The van der Waals surface area contributed by atoms with Crippen LogP contribution < -0.4 is 4.74 Å². The third-order valence-corrected chi connectivity index (χ3v) is 3.88. The molecule has 3 rings (SSSR count). The van der Waals surface area contributed by atoms with Gasteiger partial charge in [-0.2, -0.15) is 0 Å². The quantitative estimate of drug-likeness (QED) is 0.814. The largest absolute Gasteiger partial charge is 0.483 e. The second-order valence-corrected chi connectivity index (χ2v) is 5.28. The van der Waals surface area contributed by atoms with E-state index in [0.29, 0.717) is 24.4 Å². The molecule has 0 saturated carbocycles. The number of benzene rings is 2. The van der Waals surface area contributed by atoms with Crippen LogP contribution in [0.5, 0.6) is 5.75 Å². The van der Waals surface area contributed by atoms with Crippen molar-refractivity contribution in [3.63, 3.8) is 0 Å². The molecule has 22 heavy (non-hydrogen) atoms. The fourth-order valence-electron chi connectivity index (χ4n) is 2.65. The van der Waals surface area contributed by atoms with Gasteiger partial charge in [-0.1, -0.05) is 36.4 Å². The molecule has 1 heterocycles. The predicted octanol–water partition coefficient (Wildman–Crippen LogP) is 2.46. The number of amides is 1. The minimum Gasteiger partial charge on any atom is -0.483 e. The molecule has 2 aromatic carbocycles. The Morgan fingerprint density at radius 1 is 1.09 bits per heavy atom. The lowest BCUT2D eigenvalue weighted by Crippen LogP contribution is -2.38. The van der Waals surface area contributed by atoms with Gasteiger partial charge in [-0.3, -0.25) is 9.59 Å². The molecule has 0 radical (unpaired) electrons. The Kier molecular flexibility index (Phi) is 4.19. The monoisotopic (exact) mass is 295 g/mol. The van der Waals surface area contributed by atoms with Crippen molar-refractivity contribution in [2.45, 2.75) is 13.0 Å². The van der Waals surface area contributed by atoms with Crippen LogP contribution in [0.2, 0.25) is 0 Å². The molecule has 0 saturated heterocycles. The van der Waals surface area contributed by atoms with E-state index in [1.165, 1.54) is 11.1 Å². The first-order chi connectivity index (χ1) is 10.8. The SMILES string of the molecule is O=Cc1ccccc1OCC(=O)N1CCc2ccccc2C1. The summed E-state index contributed by atoms with van der Waals surface area (Å²) in [5.41, 5.74) is 2.95. The number of ether oxygens (including phenoxy) is 1. The summed E-state index contributed by atoms with van der Waals surface area (Å²) in [6.45, 7) is 1.27. The first-order valence-corrected chi connectivity index (χ1v) is 7.29. The topological polar surface area (TPSA) is 46.6 Å². The van der Waals surface area contributed by atoms with Crippen molar-refractivity contribution in [1.82, 2.24) is 4.90 Å². The molecule has 0 fully saturated rings. The summed E-state index contributed by atoms with van der Waals surface area (Å²) in [6.07, 6.45) is 1.60. The Balaban J connectivity index is 1.62. The number of aldehydes is 1. The van der Waals surface area contributed by atoms with E-state index in [0.717, 1.165) is 12.7 Å². The number of rotatable bonds is 4. The van der Waals surface area contributed by atoms with Crippen molar-refractivity contribution in [3.05, 3.63) is 65.2 Å². The molecule has 4 nitrogen and oxygen atoms in total. The summed E-state index contributed by atoms with van der Waals surface area (Å²) in [7, 11) is 0. The van der Waals surface area contributed by atoms with E-state index in [2.05, 4.69) is 12.1 Å². The molecular formula is C18H17NO3. The number of fused-ring (bicyclic) bond motifs is 1. The van der Waals surface area contributed by atoms with Crippen molar-refractivity contribution < 1.29 is 14.3 Å². The predicted molar refractivity (Wildman–Crippen MR) is 82.9 cm³/mol. The van der Waals surface area contributed by atoms with E-state index in [1.54, 1.807) is 29.2 Å². The Morgan fingerprint density at radius 3 is 2.64 bits per heavy atom. The van der Waals surface area contributed by atoms with Crippen molar-refractivity contribution in [1.29, 1.82) is 0 Å². The first kappa shape index (κ1) is 14.3. The van der Waals surface area contributed by atoms with Crippen LogP contribution in [0.1, 0.15) is 21.5 Å². The summed E-state index contributed by atoms with van der Waals surface area (Å²) >= 11 is 0. The second-order valence-electron chi connectivity index (χ2n) is 5.28. The molecule has 0 spiro atoms. The van der Waals surface area contributed by atoms with Gasteiger partial charge in [0, 0.05) is 13.1 Å². The molecule has 1 amide bonds. The number of nitrogens with zero attached hydrogens (tertiary/aromatic N) is 1. The average molecular weight is 295 g/mol. The maximum Gasteiger partial charge on any atom is 0.260 e. The summed E-state index contributed by atoms with van der Waals surface area (Å²) in [5, 5.41) is 0. The molecule has 0 atom stereocenters. The van der Waals surface area contributed by atoms with Crippen LogP contribution >= 0.6 is 0 Å². The van der Waals surface area contributed by atoms with Gasteiger partial charge in [0.05, 0.1) is 5.56 Å². The van der Waals surface area contributed by atoms with Gasteiger partial charge >= 0.3 is 0 Å². The van der Waals surface area contributed by atoms with E-state index in [4.69, 9.17) is 4.74 Å². The molecule has 0 bridgehead atoms. The molecule has 1 aliphatic heterocycles. The molecule has 1 aliphatic rings. The highest BCUT2D eigenvalue weighted by molar-refractivity contribution is 5.81. The Morgan fingerprint density at radius 2 is 1.82 bits per heavy atom. The lowest BCUT2D eigenvalue weighted by atomic mass is 10.00. The van der Waals surface area contributed by atoms with E-state index in [1.807, 2.05) is 12.1 Å². The zero-order valence-corrected chi connectivity index (χ0v) is 12.2. The van der Waals surface area contributed by atoms with Crippen LogP contribution in [0.4, 0.5) is 0 Å². The Bertz CT molecular complexity index is 696. The highest BCUT2D eigenvalue weighted by Crippen LogP contribution is 2.19. The molecular weight excluding hydrogens is 278 g/mol. The molecule has 0 N–H and O–H groups in total. The van der Waals surface area contributed by atoms with Gasteiger partial charge in [0.2, 0.25) is 0 Å². The molecule has 2 aromatic rings. The molecule has 112 valence electrons. The van der Waals surface area contributed by atoms with Gasteiger partial charge in [0.15, 0.2) is 12.9 Å². The number of para-hydroxylation sites is 1. The molecule has 4 heteroatoms. The fourth-order valence-corrected chi connectivity index (χ4v) is 2.65. The standard InChI is InChI=1S/C18H17NO3/c20-12-16-7-3-4-8-17(16)22-13-18(21)19-10-9-14-5-1-2-6-15(14)11-19/h1-8,12H,9-11,13H2. The summed E-state index contributed by atoms with van der Waals surface area (Å²) in [4.78, 5) is 25.0. The van der Waals surface area contributed by atoms with Crippen LogP contribution in [-0.2, 0) is 17.8 Å². The maximum atomic E-state index is 12.3. The summed E-state index contributed by atoms with van der Waals surface area (Å²) < 4.78 is 5.51. The first-order valence-electron chi connectivity index (χ1n) is 7.29. The van der Waals surface area contributed by atoms with Gasteiger partial charge in [-0.15, -0.1) is 0 Å². The lowest BCUT2D eigenvalue weighted by Gasteiger charge is -2.28. The van der Waals surface area contributed by atoms with Crippen molar-refractivity contribution in [2.75, 3.05) is 13.2 Å². The maximum absolute atomic E-state index is 12.3. The molecule has 0 aromatic heterocycles. The normalized spacial score (nSPS) is 13.4. The van der Waals surface area contributed by atoms with Crippen LogP contribution in [0.25, 0.3) is 0 Å². The van der Waals surface area contributed by atoms with Crippen LogP contribution in [0, 0.1) is 0 Å².